The summed E-state index contributed by atoms with van der Waals surface area (Å²) in [5, 5.41) is 7.60. The second-order valence-corrected chi connectivity index (χ2v) is 25.0. The predicted octanol–water partition coefficient (Wildman–Crippen LogP) is 30.5. The third-order valence-corrected chi connectivity index (χ3v) is 12.8. The van der Waals surface area contributed by atoms with Crippen LogP contribution in [0.1, 0.15) is 424 Å². The molecule has 0 aliphatic heterocycles. The van der Waals surface area contributed by atoms with Gasteiger partial charge in [0.1, 0.15) is 18.1 Å². The minimum Gasteiger partial charge on any atom is -0.467 e. The summed E-state index contributed by atoms with van der Waals surface area (Å²) >= 11 is 0. The lowest BCUT2D eigenvalue weighted by molar-refractivity contribution is -0.145. The smallest absolute Gasteiger partial charge is 0.328 e. The molecule has 0 saturated heterocycles. The van der Waals surface area contributed by atoms with Crippen LogP contribution < -0.4 is 16.0 Å². The molecule has 0 heterocycles. The van der Waals surface area contributed by atoms with Crippen molar-refractivity contribution in [1.82, 2.24) is 16.0 Å². The molecule has 646 valence electrons. The third kappa shape index (κ3) is 214. The number of ether oxygens (including phenoxy) is 3. The maximum Gasteiger partial charge on any atom is 0.328 e. The minimum atomic E-state index is -0.571. The van der Waals surface area contributed by atoms with E-state index in [1.54, 1.807) is 6.08 Å². The van der Waals surface area contributed by atoms with Crippen molar-refractivity contribution in [1.29, 1.82) is 0 Å². The summed E-state index contributed by atoms with van der Waals surface area (Å²) in [5.41, 5.74) is 4.24. The monoisotopic (exact) mass is 1520 g/mol. The van der Waals surface area contributed by atoms with Crippen LogP contribution in [0.15, 0.2) is 121 Å². The molecule has 3 amide bonds. The molecule has 12 nitrogen and oxygen atoms in total. The molecule has 3 atom stereocenters. The number of hydrogen-bond donors (Lipinski definition) is 3. The first kappa shape index (κ1) is 140. The highest BCUT2D eigenvalue weighted by molar-refractivity contribution is 5.84. The number of amides is 3. The van der Waals surface area contributed by atoms with Gasteiger partial charge in [0, 0.05) is 23.6 Å². The number of allylic oxidation sites excluding steroid dienone is 16. The predicted molar refractivity (Wildman–Crippen MR) is 492 cm³/mol. The summed E-state index contributed by atoms with van der Waals surface area (Å²) in [7, 11) is 3.93. The van der Waals surface area contributed by atoms with E-state index >= 15 is 0 Å². The van der Waals surface area contributed by atoms with Crippen molar-refractivity contribution >= 4 is 35.6 Å². The van der Waals surface area contributed by atoms with E-state index in [1.165, 1.54) is 194 Å². The van der Waals surface area contributed by atoms with E-state index < -0.39 is 30.1 Å². The standard InChI is InChI=1S/C10H19NO3.C10H17NO3.C9H15NO3.3C6H12.4C6H14.C6H12.C5H10.3C4H8.CH4.2H2/c2*1-4-5-6-7-9(10(13)14-3)11-8(2)12;1-4-5-6-8(9(12)13-3)10-7(2)11;3*1-4-5-6(2)3;5*1-3-5-6-4-2;1-3-5-4-2;3*1-3-4-2;;;/h9H,4-7H2,1-3H3,(H,11,12);5-6,9H,4,7H2,1-3H3,(H,11,12);4-5,8H,6H2,1-3H3,(H,10,11);3*5H,4H2,1-3H3;4*3-6H2,1-2H3;5-6H,3-4H2,1-2H3;3,5H,4H2,1-2H3;3-4H,1-2H3;2*3H,1,4H2,2H3;1H4;2*1H/b;;;;;;;;;;;;4-3-;;;;;/t2*9-;8-;;;;;;;;;;;;;;;/m000.............../s1. The van der Waals surface area contributed by atoms with Crippen LogP contribution in [-0.2, 0) is 43.0 Å². The van der Waals surface area contributed by atoms with E-state index in [-0.39, 0.29) is 34.0 Å². The Morgan fingerprint density at radius 1 is 0.299 bits per heavy atom. The second kappa shape index (κ2) is 146. The number of methoxy groups -OCH3 is 3. The van der Waals surface area contributed by atoms with E-state index in [4.69, 9.17) is 0 Å². The normalized spacial score (nSPS) is 9.93. The average Bonchev–Trinajstić information content (AvgIpc) is 0.963. The molecule has 0 rings (SSSR count). The van der Waals surface area contributed by atoms with Crippen LogP contribution in [0.25, 0.3) is 0 Å². The van der Waals surface area contributed by atoms with Crippen molar-refractivity contribution in [2.75, 3.05) is 21.3 Å². The zero-order valence-corrected chi connectivity index (χ0v) is 77.4. The van der Waals surface area contributed by atoms with E-state index in [1.807, 2.05) is 77.2 Å². The molecule has 0 aromatic heterocycles. The van der Waals surface area contributed by atoms with Crippen molar-refractivity contribution in [3.05, 3.63) is 121 Å². The van der Waals surface area contributed by atoms with Gasteiger partial charge in [0.05, 0.1) is 21.3 Å². The zero-order chi connectivity index (χ0) is 85.7. The Morgan fingerprint density at radius 3 is 0.654 bits per heavy atom. The Kier molecular flexibility index (Phi) is 191. The molecule has 0 saturated carbocycles. The lowest BCUT2D eigenvalue weighted by atomic mass is 10.1. The lowest BCUT2D eigenvalue weighted by Gasteiger charge is -2.14. The Balaban J connectivity index is -0.0000000518. The Bertz CT molecular complexity index is 1840. The van der Waals surface area contributed by atoms with Crippen LogP contribution in [0.4, 0.5) is 0 Å². The molecule has 0 radical (unpaired) electrons. The first-order chi connectivity index (χ1) is 50.4. The highest BCUT2D eigenvalue weighted by Gasteiger charge is 2.20. The van der Waals surface area contributed by atoms with Crippen LogP contribution in [-0.4, -0.2) is 75.1 Å². The van der Waals surface area contributed by atoms with Gasteiger partial charge in [-0.1, -0.05) is 362 Å². The van der Waals surface area contributed by atoms with Crippen LogP contribution in [0, 0.1) is 0 Å². The SMILES string of the molecule is C.C/C=C\C.C=CCC.C=CCC.CC=CCC.CC=CC[C@H](NC(C)=O)C(=O)OC.CCC=C(C)C.CCC=C(C)C.CCC=C(C)C.CCC=CCC.CCC=CC[C@H](NC(C)=O)C(=O)OC.CCCCCC.CCCCCC.CCCCCC.CCCCCC.CCCCC[C@H](NC(C)=O)C(=O)OC.[HH].[HH]. The Morgan fingerprint density at radius 2 is 0.505 bits per heavy atom. The molecule has 0 aliphatic carbocycles. The molecule has 0 bridgehead atoms. The minimum absolute atomic E-state index is 0. The van der Waals surface area contributed by atoms with Gasteiger partial charge in [0.2, 0.25) is 17.7 Å². The number of esters is 3. The first-order valence-electron chi connectivity index (χ1n) is 41.6. The molecule has 0 aliphatic rings. The molecule has 3 N–H and O–H groups in total. The quantitative estimate of drug-likeness (QED) is 0.0242. The summed E-state index contributed by atoms with van der Waals surface area (Å²) in [5.74, 6) is -1.87. The van der Waals surface area contributed by atoms with E-state index in [9.17, 15) is 28.8 Å². The highest BCUT2D eigenvalue weighted by atomic mass is 16.5. The van der Waals surface area contributed by atoms with Crippen molar-refractivity contribution in [2.24, 2.45) is 0 Å². The summed E-state index contributed by atoms with van der Waals surface area (Å²) in [6.45, 7) is 70.6. The Labute approximate surface area is 675 Å². The van der Waals surface area contributed by atoms with Crippen molar-refractivity contribution in [2.45, 2.75) is 439 Å². The summed E-state index contributed by atoms with van der Waals surface area (Å²) < 4.78 is 13.7. The van der Waals surface area contributed by atoms with Crippen molar-refractivity contribution in [3.63, 3.8) is 0 Å². The van der Waals surface area contributed by atoms with Crippen LogP contribution in [0.3, 0.4) is 0 Å². The van der Waals surface area contributed by atoms with Gasteiger partial charge in [0.25, 0.3) is 0 Å². The zero-order valence-electron chi connectivity index (χ0n) is 77.4. The van der Waals surface area contributed by atoms with Gasteiger partial charge in [-0.25, -0.2) is 14.4 Å². The van der Waals surface area contributed by atoms with Gasteiger partial charge in [-0.15, -0.1) is 13.2 Å². The molecule has 0 fully saturated rings. The number of rotatable bonds is 35. The topological polar surface area (TPSA) is 166 Å². The van der Waals surface area contributed by atoms with Gasteiger partial charge in [0.15, 0.2) is 0 Å². The van der Waals surface area contributed by atoms with Crippen molar-refractivity contribution < 1.29 is 45.8 Å². The number of unbranched alkanes of at least 4 members (excludes halogenated alkanes) is 14. The molecule has 0 spiro atoms. The number of carbonyl (C=O) groups excluding carboxylic acids is 6. The van der Waals surface area contributed by atoms with E-state index in [2.05, 4.69) is 245 Å². The summed E-state index contributed by atoms with van der Waals surface area (Å²) in [4.78, 5) is 65.7. The maximum atomic E-state index is 11.2. The average molecular weight is 1530 g/mol. The largest absolute Gasteiger partial charge is 0.467 e. The van der Waals surface area contributed by atoms with E-state index in [0.29, 0.717) is 19.3 Å². The molecule has 12 heteroatoms. The number of nitrogens with one attached hydrogen (secondary N) is 3. The molecular weight excluding hydrogens is 1330 g/mol. The molecule has 0 aromatic rings. The maximum absolute atomic E-state index is 11.2. The van der Waals surface area contributed by atoms with Crippen LogP contribution in [0.5, 0.6) is 0 Å². The molecule has 107 heavy (non-hydrogen) atoms. The fraction of sp³-hybridized carbons (Fsp3) is 0.726. The molecule has 0 aromatic carbocycles. The van der Waals surface area contributed by atoms with Crippen LogP contribution in [0.2, 0.25) is 0 Å². The van der Waals surface area contributed by atoms with E-state index in [0.717, 1.165) is 44.9 Å². The fourth-order valence-corrected chi connectivity index (χ4v) is 6.90. The van der Waals surface area contributed by atoms with Crippen molar-refractivity contribution in [3.8, 4) is 0 Å². The number of carbonyl (C=O) groups is 6. The first-order valence-corrected chi connectivity index (χ1v) is 41.6. The summed E-state index contributed by atoms with van der Waals surface area (Å²) in [6.07, 6.45) is 67.2. The van der Waals surface area contributed by atoms with Gasteiger partial charge in [-0.2, -0.15) is 0 Å². The van der Waals surface area contributed by atoms with Gasteiger partial charge >= 0.3 is 17.9 Å². The van der Waals surface area contributed by atoms with Gasteiger partial charge < -0.3 is 30.2 Å². The molecular formula is C95H197N3O9. The lowest BCUT2D eigenvalue weighted by Crippen LogP contribution is -2.40. The highest BCUT2D eigenvalue weighted by Crippen LogP contribution is 2.06. The fourth-order valence-electron chi connectivity index (χ4n) is 6.90. The molecule has 0 unspecified atom stereocenters. The van der Waals surface area contributed by atoms with Gasteiger partial charge in [-0.3, -0.25) is 14.4 Å². The van der Waals surface area contributed by atoms with Crippen LogP contribution >= 0.6 is 0 Å². The third-order valence-electron chi connectivity index (χ3n) is 12.8. The number of hydrogen-bond acceptors (Lipinski definition) is 9. The second-order valence-electron chi connectivity index (χ2n) is 25.0. The van der Waals surface area contributed by atoms with Gasteiger partial charge in [-0.05, 0) is 146 Å². The Hall–Kier alpha value is -5.78. The summed E-state index contributed by atoms with van der Waals surface area (Å²) in [6, 6.07) is -1.62.